The Morgan fingerprint density at radius 2 is 1.62 bits per heavy atom. The van der Waals surface area contributed by atoms with Crippen molar-refractivity contribution >= 4 is 23.2 Å². The van der Waals surface area contributed by atoms with Crippen molar-refractivity contribution in [3.63, 3.8) is 0 Å². The number of rotatable bonds is 5. The lowest BCUT2D eigenvalue weighted by Crippen LogP contribution is -2.13. The van der Waals surface area contributed by atoms with Gasteiger partial charge in [-0.2, -0.15) is 0 Å². The first-order valence-electron chi connectivity index (χ1n) is 7.36. The predicted octanol–water partition coefficient (Wildman–Crippen LogP) is 3.22. The van der Waals surface area contributed by atoms with Gasteiger partial charge in [0, 0.05) is 23.9 Å². The zero-order valence-electron chi connectivity index (χ0n) is 14.1. The molecule has 0 spiro atoms. The van der Waals surface area contributed by atoms with Gasteiger partial charge >= 0.3 is 0 Å². The van der Waals surface area contributed by atoms with E-state index in [0.717, 1.165) is 5.56 Å². The van der Waals surface area contributed by atoms with Crippen LogP contribution in [0.4, 0.5) is 11.4 Å². The van der Waals surface area contributed by atoms with E-state index < -0.39 is 0 Å². The monoisotopic (exact) mass is 328 g/mol. The number of hydrogen-bond donors (Lipinski definition) is 2. The molecular weight excluding hydrogens is 308 g/mol. The van der Waals surface area contributed by atoms with E-state index in [-0.39, 0.29) is 11.8 Å². The topological polar surface area (TPSA) is 76.7 Å². The van der Waals surface area contributed by atoms with Crippen LogP contribution >= 0.6 is 0 Å². The standard InChI is InChI=1S/C18H20N2O4/c1-11-9-14(6-7-15(11)19-12(2)21)20-18(22)13-5-8-16(23-3)17(10-13)24-4/h5-10H,1-4H3,(H,19,21)(H,20,22). The molecule has 0 bridgehead atoms. The quantitative estimate of drug-likeness (QED) is 0.883. The summed E-state index contributed by atoms with van der Waals surface area (Å²) in [4.78, 5) is 23.5. The average molecular weight is 328 g/mol. The van der Waals surface area contributed by atoms with E-state index in [1.165, 1.54) is 21.1 Å². The zero-order valence-corrected chi connectivity index (χ0v) is 14.1. The summed E-state index contributed by atoms with van der Waals surface area (Å²) in [5.74, 6) is 0.648. The molecule has 0 aromatic heterocycles. The van der Waals surface area contributed by atoms with Crippen LogP contribution in [0.3, 0.4) is 0 Å². The lowest BCUT2D eigenvalue weighted by atomic mass is 10.1. The van der Waals surface area contributed by atoms with Gasteiger partial charge < -0.3 is 20.1 Å². The van der Waals surface area contributed by atoms with Gasteiger partial charge in [0.2, 0.25) is 5.91 Å². The number of carbonyl (C=O) groups excluding carboxylic acids is 2. The van der Waals surface area contributed by atoms with Crippen molar-refractivity contribution in [1.82, 2.24) is 0 Å². The summed E-state index contributed by atoms with van der Waals surface area (Å²) < 4.78 is 10.4. The van der Waals surface area contributed by atoms with Crippen molar-refractivity contribution in [2.24, 2.45) is 0 Å². The van der Waals surface area contributed by atoms with Gasteiger partial charge in [0.25, 0.3) is 5.91 Å². The molecule has 0 heterocycles. The fourth-order valence-corrected chi connectivity index (χ4v) is 2.25. The van der Waals surface area contributed by atoms with E-state index >= 15 is 0 Å². The maximum absolute atomic E-state index is 12.4. The van der Waals surface area contributed by atoms with Crippen LogP contribution in [0, 0.1) is 6.92 Å². The van der Waals surface area contributed by atoms with Gasteiger partial charge in [-0.05, 0) is 48.9 Å². The molecule has 0 unspecified atom stereocenters. The second-order valence-electron chi connectivity index (χ2n) is 5.23. The highest BCUT2D eigenvalue weighted by atomic mass is 16.5. The number of carbonyl (C=O) groups is 2. The van der Waals surface area contributed by atoms with Crippen LogP contribution in [0.2, 0.25) is 0 Å². The molecular formula is C18H20N2O4. The molecule has 2 aromatic rings. The molecule has 0 atom stereocenters. The van der Waals surface area contributed by atoms with Crippen LogP contribution < -0.4 is 20.1 Å². The lowest BCUT2D eigenvalue weighted by molar-refractivity contribution is -0.114. The van der Waals surface area contributed by atoms with Gasteiger partial charge in [0.15, 0.2) is 11.5 Å². The Kier molecular flexibility index (Phi) is 5.42. The van der Waals surface area contributed by atoms with Crippen LogP contribution in [0.25, 0.3) is 0 Å². The summed E-state index contributed by atoms with van der Waals surface area (Å²) in [6.07, 6.45) is 0. The molecule has 0 aliphatic rings. The number of benzene rings is 2. The first kappa shape index (κ1) is 17.3. The highest BCUT2D eigenvalue weighted by Gasteiger charge is 2.11. The highest BCUT2D eigenvalue weighted by Crippen LogP contribution is 2.28. The minimum Gasteiger partial charge on any atom is -0.493 e. The van der Waals surface area contributed by atoms with Crippen molar-refractivity contribution in [1.29, 1.82) is 0 Å². The molecule has 0 saturated heterocycles. The summed E-state index contributed by atoms with van der Waals surface area (Å²) >= 11 is 0. The number of nitrogens with one attached hydrogen (secondary N) is 2. The number of aryl methyl sites for hydroxylation is 1. The van der Waals surface area contributed by atoms with Crippen LogP contribution in [-0.2, 0) is 4.79 Å². The fraction of sp³-hybridized carbons (Fsp3) is 0.222. The Labute approximate surface area is 140 Å². The van der Waals surface area contributed by atoms with E-state index in [1.807, 2.05) is 6.92 Å². The summed E-state index contributed by atoms with van der Waals surface area (Å²) in [6.45, 7) is 3.31. The zero-order chi connectivity index (χ0) is 17.7. The Hall–Kier alpha value is -3.02. The van der Waals surface area contributed by atoms with E-state index in [9.17, 15) is 9.59 Å². The minimum absolute atomic E-state index is 0.139. The van der Waals surface area contributed by atoms with E-state index in [0.29, 0.717) is 28.4 Å². The van der Waals surface area contributed by atoms with Crippen molar-refractivity contribution in [2.75, 3.05) is 24.9 Å². The third kappa shape index (κ3) is 4.04. The molecule has 2 amide bonds. The predicted molar refractivity (Wildman–Crippen MR) is 93.0 cm³/mol. The number of amides is 2. The SMILES string of the molecule is COc1ccc(C(=O)Nc2ccc(NC(C)=O)c(C)c2)cc1OC. The summed E-state index contributed by atoms with van der Waals surface area (Å²) in [6, 6.07) is 10.2. The van der Waals surface area contributed by atoms with E-state index in [4.69, 9.17) is 9.47 Å². The van der Waals surface area contributed by atoms with Crippen LogP contribution in [0.15, 0.2) is 36.4 Å². The van der Waals surface area contributed by atoms with Gasteiger partial charge in [-0.15, -0.1) is 0 Å². The molecule has 24 heavy (non-hydrogen) atoms. The number of hydrogen-bond acceptors (Lipinski definition) is 4. The lowest BCUT2D eigenvalue weighted by Gasteiger charge is -2.12. The molecule has 0 radical (unpaired) electrons. The molecule has 126 valence electrons. The third-order valence-corrected chi connectivity index (χ3v) is 3.44. The number of ether oxygens (including phenoxy) is 2. The largest absolute Gasteiger partial charge is 0.493 e. The third-order valence-electron chi connectivity index (χ3n) is 3.44. The molecule has 0 fully saturated rings. The van der Waals surface area contributed by atoms with Crippen molar-refractivity contribution in [2.45, 2.75) is 13.8 Å². The van der Waals surface area contributed by atoms with E-state index in [2.05, 4.69) is 10.6 Å². The van der Waals surface area contributed by atoms with Gasteiger partial charge in [0.05, 0.1) is 14.2 Å². The molecule has 0 saturated carbocycles. The minimum atomic E-state index is -0.261. The first-order chi connectivity index (χ1) is 11.4. The van der Waals surface area contributed by atoms with Crippen LogP contribution in [0.5, 0.6) is 11.5 Å². The normalized spacial score (nSPS) is 10.0. The Morgan fingerprint density at radius 3 is 2.21 bits per heavy atom. The van der Waals surface area contributed by atoms with Gasteiger partial charge in [-0.25, -0.2) is 0 Å². The van der Waals surface area contributed by atoms with Crippen LogP contribution in [0.1, 0.15) is 22.8 Å². The molecule has 2 N–H and O–H groups in total. The summed E-state index contributed by atoms with van der Waals surface area (Å²) in [7, 11) is 3.06. The van der Waals surface area contributed by atoms with E-state index in [1.54, 1.807) is 36.4 Å². The maximum Gasteiger partial charge on any atom is 0.255 e. The van der Waals surface area contributed by atoms with Gasteiger partial charge in [-0.1, -0.05) is 0 Å². The van der Waals surface area contributed by atoms with Gasteiger partial charge in [-0.3, -0.25) is 9.59 Å². The summed E-state index contributed by atoms with van der Waals surface area (Å²) in [5.41, 5.74) is 2.67. The molecule has 6 heteroatoms. The number of methoxy groups -OCH3 is 2. The highest BCUT2D eigenvalue weighted by molar-refractivity contribution is 6.05. The molecule has 2 aromatic carbocycles. The summed E-state index contributed by atoms with van der Waals surface area (Å²) in [5, 5.41) is 5.55. The Bertz CT molecular complexity index is 772. The fourth-order valence-electron chi connectivity index (χ4n) is 2.25. The van der Waals surface area contributed by atoms with Crippen molar-refractivity contribution in [3.8, 4) is 11.5 Å². The molecule has 0 aliphatic carbocycles. The van der Waals surface area contributed by atoms with Crippen molar-refractivity contribution < 1.29 is 19.1 Å². The Balaban J connectivity index is 2.17. The number of anilines is 2. The molecule has 2 rings (SSSR count). The second kappa shape index (κ2) is 7.50. The smallest absolute Gasteiger partial charge is 0.255 e. The maximum atomic E-state index is 12.4. The Morgan fingerprint density at radius 1 is 0.917 bits per heavy atom. The second-order valence-corrected chi connectivity index (χ2v) is 5.23. The molecule has 0 aliphatic heterocycles. The van der Waals surface area contributed by atoms with Crippen molar-refractivity contribution in [3.05, 3.63) is 47.5 Å². The van der Waals surface area contributed by atoms with Gasteiger partial charge in [0.1, 0.15) is 0 Å². The first-order valence-corrected chi connectivity index (χ1v) is 7.36. The molecule has 6 nitrogen and oxygen atoms in total. The average Bonchev–Trinajstić information content (AvgIpc) is 2.56. The van der Waals surface area contributed by atoms with Crippen LogP contribution in [-0.4, -0.2) is 26.0 Å².